The summed E-state index contributed by atoms with van der Waals surface area (Å²) in [4.78, 5) is 17.0. The number of aryl methyl sites for hydroxylation is 1. The SMILES string of the molecule is Cc1ccc(NC(=O)CN2CCC(N3CCNCC3)C2)cc1Cl. The topological polar surface area (TPSA) is 47.6 Å². The summed E-state index contributed by atoms with van der Waals surface area (Å²) >= 11 is 6.10. The van der Waals surface area contributed by atoms with E-state index in [0.29, 0.717) is 17.6 Å². The van der Waals surface area contributed by atoms with Crippen LogP contribution in [0.5, 0.6) is 0 Å². The molecule has 126 valence electrons. The van der Waals surface area contributed by atoms with E-state index in [1.807, 2.05) is 25.1 Å². The van der Waals surface area contributed by atoms with Crippen molar-refractivity contribution in [2.24, 2.45) is 0 Å². The minimum Gasteiger partial charge on any atom is -0.325 e. The minimum absolute atomic E-state index is 0.0332. The molecule has 2 heterocycles. The van der Waals surface area contributed by atoms with Crippen LogP contribution in [0, 0.1) is 6.92 Å². The Morgan fingerprint density at radius 2 is 2.13 bits per heavy atom. The average Bonchev–Trinajstić information content (AvgIpc) is 3.00. The van der Waals surface area contributed by atoms with Gasteiger partial charge in [0.15, 0.2) is 0 Å². The Labute approximate surface area is 143 Å². The van der Waals surface area contributed by atoms with Crippen LogP contribution in [0.1, 0.15) is 12.0 Å². The molecule has 0 bridgehead atoms. The van der Waals surface area contributed by atoms with E-state index in [1.165, 1.54) is 0 Å². The third-order valence-electron chi connectivity index (χ3n) is 4.74. The second kappa shape index (κ2) is 7.62. The van der Waals surface area contributed by atoms with Crippen LogP contribution in [-0.4, -0.2) is 67.6 Å². The van der Waals surface area contributed by atoms with Crippen molar-refractivity contribution >= 4 is 23.2 Å². The number of anilines is 1. The molecule has 6 heteroatoms. The van der Waals surface area contributed by atoms with Crippen molar-refractivity contribution in [2.75, 3.05) is 51.1 Å². The first-order valence-electron chi connectivity index (χ1n) is 8.35. The van der Waals surface area contributed by atoms with Crippen LogP contribution >= 0.6 is 11.6 Å². The second-order valence-corrected chi connectivity index (χ2v) is 6.88. The molecule has 0 saturated carbocycles. The zero-order valence-corrected chi connectivity index (χ0v) is 14.4. The number of carbonyl (C=O) groups is 1. The molecule has 1 atom stereocenters. The van der Waals surface area contributed by atoms with Gasteiger partial charge in [0.1, 0.15) is 0 Å². The normalized spacial score (nSPS) is 23.1. The lowest BCUT2D eigenvalue weighted by molar-refractivity contribution is -0.117. The predicted octanol–water partition coefficient (Wildman–Crippen LogP) is 1.57. The van der Waals surface area contributed by atoms with Crippen molar-refractivity contribution in [3.8, 4) is 0 Å². The molecular weight excluding hydrogens is 312 g/mol. The maximum Gasteiger partial charge on any atom is 0.238 e. The Morgan fingerprint density at radius 3 is 2.87 bits per heavy atom. The third-order valence-corrected chi connectivity index (χ3v) is 5.15. The quantitative estimate of drug-likeness (QED) is 0.876. The first kappa shape index (κ1) is 16.7. The van der Waals surface area contributed by atoms with Gasteiger partial charge in [-0.2, -0.15) is 0 Å². The third kappa shape index (κ3) is 4.44. The highest BCUT2D eigenvalue weighted by Crippen LogP contribution is 2.20. The van der Waals surface area contributed by atoms with Gasteiger partial charge in [-0.1, -0.05) is 17.7 Å². The molecule has 23 heavy (non-hydrogen) atoms. The Morgan fingerprint density at radius 1 is 1.35 bits per heavy atom. The summed E-state index contributed by atoms with van der Waals surface area (Å²) in [6.45, 7) is 8.77. The molecule has 0 spiro atoms. The van der Waals surface area contributed by atoms with E-state index < -0.39 is 0 Å². The van der Waals surface area contributed by atoms with Crippen LogP contribution in [0.15, 0.2) is 18.2 Å². The highest BCUT2D eigenvalue weighted by molar-refractivity contribution is 6.31. The Hall–Kier alpha value is -1.14. The van der Waals surface area contributed by atoms with Gasteiger partial charge in [-0.3, -0.25) is 14.6 Å². The van der Waals surface area contributed by atoms with E-state index in [4.69, 9.17) is 11.6 Å². The molecule has 0 radical (unpaired) electrons. The highest BCUT2D eigenvalue weighted by atomic mass is 35.5. The standard InChI is InChI=1S/C17H25ClN4O/c1-13-2-3-14(10-16(13)18)20-17(23)12-21-7-4-15(11-21)22-8-5-19-6-9-22/h2-3,10,15,19H,4-9,11-12H2,1H3,(H,20,23). The first-order valence-corrected chi connectivity index (χ1v) is 8.73. The summed E-state index contributed by atoms with van der Waals surface area (Å²) in [5.41, 5.74) is 1.78. The molecular formula is C17H25ClN4O. The smallest absolute Gasteiger partial charge is 0.238 e. The number of nitrogens with zero attached hydrogens (tertiary/aromatic N) is 2. The van der Waals surface area contributed by atoms with Gasteiger partial charge in [-0.05, 0) is 31.0 Å². The molecule has 2 aliphatic heterocycles. The van der Waals surface area contributed by atoms with Crippen LogP contribution in [0.3, 0.4) is 0 Å². The highest BCUT2D eigenvalue weighted by Gasteiger charge is 2.29. The van der Waals surface area contributed by atoms with Crippen LogP contribution < -0.4 is 10.6 Å². The molecule has 3 rings (SSSR count). The van der Waals surface area contributed by atoms with Crippen molar-refractivity contribution in [1.29, 1.82) is 0 Å². The molecule has 0 aromatic heterocycles. The molecule has 1 unspecified atom stereocenters. The van der Waals surface area contributed by atoms with E-state index in [1.54, 1.807) is 0 Å². The molecule has 1 aromatic rings. The van der Waals surface area contributed by atoms with E-state index in [-0.39, 0.29) is 5.91 Å². The molecule has 2 saturated heterocycles. The molecule has 1 aromatic carbocycles. The van der Waals surface area contributed by atoms with E-state index in [0.717, 1.165) is 56.9 Å². The maximum atomic E-state index is 12.2. The average molecular weight is 337 g/mol. The summed E-state index contributed by atoms with van der Waals surface area (Å²) in [7, 11) is 0. The maximum absolute atomic E-state index is 12.2. The van der Waals surface area contributed by atoms with E-state index in [2.05, 4.69) is 20.4 Å². The van der Waals surface area contributed by atoms with Crippen LogP contribution in [0.2, 0.25) is 5.02 Å². The Bertz CT molecular complexity index is 560. The molecule has 0 aliphatic carbocycles. The Balaban J connectivity index is 1.47. The lowest BCUT2D eigenvalue weighted by atomic mass is 10.2. The van der Waals surface area contributed by atoms with E-state index >= 15 is 0 Å². The number of benzene rings is 1. The number of nitrogens with one attached hydrogen (secondary N) is 2. The first-order chi connectivity index (χ1) is 11.1. The fourth-order valence-corrected chi connectivity index (χ4v) is 3.56. The van der Waals surface area contributed by atoms with Crippen LogP contribution in [0.25, 0.3) is 0 Å². The summed E-state index contributed by atoms with van der Waals surface area (Å²) in [5.74, 6) is 0.0332. The number of hydrogen-bond acceptors (Lipinski definition) is 4. The Kier molecular flexibility index (Phi) is 5.54. The predicted molar refractivity (Wildman–Crippen MR) is 94.1 cm³/mol. The van der Waals surface area contributed by atoms with Crippen LogP contribution in [-0.2, 0) is 4.79 Å². The van der Waals surface area contributed by atoms with Gasteiger partial charge in [0.05, 0.1) is 6.54 Å². The summed E-state index contributed by atoms with van der Waals surface area (Å²) < 4.78 is 0. The van der Waals surface area contributed by atoms with Crippen LogP contribution in [0.4, 0.5) is 5.69 Å². The van der Waals surface area contributed by atoms with Gasteiger partial charge in [0, 0.05) is 56.0 Å². The van der Waals surface area contributed by atoms with Gasteiger partial charge in [0.25, 0.3) is 0 Å². The zero-order valence-electron chi connectivity index (χ0n) is 13.6. The largest absolute Gasteiger partial charge is 0.325 e. The molecule has 2 fully saturated rings. The fourth-order valence-electron chi connectivity index (χ4n) is 3.38. The molecule has 5 nitrogen and oxygen atoms in total. The zero-order chi connectivity index (χ0) is 16.2. The summed E-state index contributed by atoms with van der Waals surface area (Å²) in [5, 5.41) is 7.01. The van der Waals surface area contributed by atoms with Crippen molar-refractivity contribution in [2.45, 2.75) is 19.4 Å². The van der Waals surface area contributed by atoms with Crippen molar-refractivity contribution in [1.82, 2.24) is 15.1 Å². The number of likely N-dealkylation sites (tertiary alicyclic amines) is 1. The lowest BCUT2D eigenvalue weighted by Crippen LogP contribution is -2.49. The number of piperazine rings is 1. The number of rotatable bonds is 4. The van der Waals surface area contributed by atoms with Gasteiger partial charge in [0.2, 0.25) is 5.91 Å². The van der Waals surface area contributed by atoms with Gasteiger partial charge in [-0.25, -0.2) is 0 Å². The number of halogens is 1. The lowest BCUT2D eigenvalue weighted by Gasteiger charge is -2.32. The number of amides is 1. The fraction of sp³-hybridized carbons (Fsp3) is 0.588. The molecule has 2 aliphatic rings. The van der Waals surface area contributed by atoms with Gasteiger partial charge in [-0.15, -0.1) is 0 Å². The van der Waals surface area contributed by atoms with E-state index in [9.17, 15) is 4.79 Å². The van der Waals surface area contributed by atoms with Crippen molar-refractivity contribution < 1.29 is 4.79 Å². The summed E-state index contributed by atoms with van der Waals surface area (Å²) in [6.07, 6.45) is 1.16. The van der Waals surface area contributed by atoms with Crippen molar-refractivity contribution in [3.05, 3.63) is 28.8 Å². The monoisotopic (exact) mass is 336 g/mol. The number of carbonyl (C=O) groups excluding carboxylic acids is 1. The van der Waals surface area contributed by atoms with Gasteiger partial charge >= 0.3 is 0 Å². The minimum atomic E-state index is 0.0332. The second-order valence-electron chi connectivity index (χ2n) is 6.48. The summed E-state index contributed by atoms with van der Waals surface area (Å²) in [6, 6.07) is 6.22. The molecule has 1 amide bonds. The molecule has 2 N–H and O–H groups in total. The van der Waals surface area contributed by atoms with Gasteiger partial charge < -0.3 is 10.6 Å². The number of hydrogen-bond donors (Lipinski definition) is 2. The van der Waals surface area contributed by atoms with Crippen molar-refractivity contribution in [3.63, 3.8) is 0 Å².